The number of hydrogen-bond acceptors (Lipinski definition) is 2. The lowest BCUT2D eigenvalue weighted by Gasteiger charge is -2.36. The molecule has 1 aliphatic heterocycles. The summed E-state index contributed by atoms with van der Waals surface area (Å²) in [5.41, 5.74) is 1.13. The third-order valence-electron chi connectivity index (χ3n) is 3.98. The second-order valence-electron chi connectivity index (χ2n) is 5.29. The highest BCUT2D eigenvalue weighted by atomic mass is 16.2. The number of rotatable bonds is 5. The first-order valence-electron chi connectivity index (χ1n) is 7.43. The summed E-state index contributed by atoms with van der Waals surface area (Å²) in [4.78, 5) is 17.0. The van der Waals surface area contributed by atoms with Crippen LogP contribution in [0.15, 0.2) is 43.0 Å². The van der Waals surface area contributed by atoms with Crippen molar-refractivity contribution < 1.29 is 4.79 Å². The van der Waals surface area contributed by atoms with E-state index in [1.165, 1.54) is 0 Å². The van der Waals surface area contributed by atoms with Crippen molar-refractivity contribution in [2.24, 2.45) is 0 Å². The summed E-state index contributed by atoms with van der Waals surface area (Å²) in [7, 11) is 0. The number of nitrogens with zero attached hydrogens (tertiary/aromatic N) is 2. The molecule has 0 saturated carbocycles. The first-order valence-corrected chi connectivity index (χ1v) is 7.43. The van der Waals surface area contributed by atoms with Crippen molar-refractivity contribution >= 4 is 5.91 Å². The Morgan fingerprint density at radius 3 is 2.45 bits per heavy atom. The van der Waals surface area contributed by atoms with Crippen LogP contribution < -0.4 is 0 Å². The van der Waals surface area contributed by atoms with Gasteiger partial charge < -0.3 is 4.90 Å². The molecule has 0 N–H and O–H groups in total. The molecule has 1 aromatic carbocycles. The average molecular weight is 272 g/mol. The van der Waals surface area contributed by atoms with Crippen LogP contribution in [0.3, 0.4) is 0 Å². The van der Waals surface area contributed by atoms with Crippen molar-refractivity contribution in [3.05, 3.63) is 48.6 Å². The van der Waals surface area contributed by atoms with E-state index in [0.717, 1.165) is 44.7 Å². The summed E-state index contributed by atoms with van der Waals surface area (Å²) in [5.74, 6) is 0.277. The maximum absolute atomic E-state index is 12.7. The Morgan fingerprint density at radius 2 is 1.90 bits per heavy atom. The van der Waals surface area contributed by atoms with Gasteiger partial charge in [0.05, 0.1) is 5.92 Å². The molecule has 108 valence electrons. The van der Waals surface area contributed by atoms with Crippen molar-refractivity contribution in [2.45, 2.75) is 19.3 Å². The van der Waals surface area contributed by atoms with Crippen molar-refractivity contribution in [3.8, 4) is 0 Å². The van der Waals surface area contributed by atoms with E-state index in [-0.39, 0.29) is 11.8 Å². The quantitative estimate of drug-likeness (QED) is 0.769. The molecule has 0 aliphatic carbocycles. The van der Waals surface area contributed by atoms with Gasteiger partial charge in [0.1, 0.15) is 0 Å². The minimum Gasteiger partial charge on any atom is -0.340 e. The molecule has 20 heavy (non-hydrogen) atoms. The summed E-state index contributed by atoms with van der Waals surface area (Å²) in [6, 6.07) is 10.1. The normalized spacial score (nSPS) is 17.8. The third-order valence-corrected chi connectivity index (χ3v) is 3.98. The molecule has 0 bridgehead atoms. The molecule has 3 heteroatoms. The molecule has 1 atom stereocenters. The maximum Gasteiger partial charge on any atom is 0.230 e. The van der Waals surface area contributed by atoms with Gasteiger partial charge in [-0.2, -0.15) is 0 Å². The van der Waals surface area contributed by atoms with Gasteiger partial charge in [-0.3, -0.25) is 9.69 Å². The number of carbonyl (C=O) groups is 1. The first-order chi connectivity index (χ1) is 9.76. The molecule has 0 aromatic heterocycles. The van der Waals surface area contributed by atoms with E-state index in [9.17, 15) is 4.79 Å². The molecule has 1 fully saturated rings. The van der Waals surface area contributed by atoms with Crippen LogP contribution in [-0.4, -0.2) is 48.4 Å². The summed E-state index contributed by atoms with van der Waals surface area (Å²) >= 11 is 0. The van der Waals surface area contributed by atoms with Gasteiger partial charge in [-0.1, -0.05) is 43.3 Å². The highest BCUT2D eigenvalue weighted by Gasteiger charge is 2.26. The molecule has 1 saturated heterocycles. The number of piperazine rings is 1. The van der Waals surface area contributed by atoms with Crippen LogP contribution in [0.25, 0.3) is 0 Å². The van der Waals surface area contributed by atoms with E-state index in [4.69, 9.17) is 0 Å². The second kappa shape index (κ2) is 7.25. The largest absolute Gasteiger partial charge is 0.340 e. The van der Waals surface area contributed by atoms with E-state index in [1.54, 1.807) is 0 Å². The summed E-state index contributed by atoms with van der Waals surface area (Å²) in [5, 5.41) is 0. The van der Waals surface area contributed by atoms with Crippen LogP contribution in [0.2, 0.25) is 0 Å². The highest BCUT2D eigenvalue weighted by Crippen LogP contribution is 2.22. The van der Waals surface area contributed by atoms with Gasteiger partial charge in [0.15, 0.2) is 0 Å². The molecule has 3 nitrogen and oxygen atoms in total. The summed E-state index contributed by atoms with van der Waals surface area (Å²) in [6.45, 7) is 10.3. The number of amides is 1. The van der Waals surface area contributed by atoms with E-state index < -0.39 is 0 Å². The zero-order chi connectivity index (χ0) is 14.4. The molecular weight excluding hydrogens is 248 g/mol. The topological polar surface area (TPSA) is 23.6 Å². The molecule has 2 rings (SSSR count). The van der Waals surface area contributed by atoms with E-state index >= 15 is 0 Å². The molecule has 1 heterocycles. The molecule has 0 unspecified atom stereocenters. The fourth-order valence-electron chi connectivity index (χ4n) is 2.79. The third kappa shape index (κ3) is 3.48. The lowest BCUT2D eigenvalue weighted by Crippen LogP contribution is -2.49. The van der Waals surface area contributed by atoms with Crippen LogP contribution in [0, 0.1) is 0 Å². The monoisotopic (exact) mass is 272 g/mol. The predicted octanol–water partition coefficient (Wildman–Crippen LogP) is 2.51. The Bertz CT molecular complexity index is 436. The van der Waals surface area contributed by atoms with Crippen LogP contribution in [0.4, 0.5) is 0 Å². The van der Waals surface area contributed by atoms with Gasteiger partial charge in [0.25, 0.3) is 0 Å². The van der Waals surface area contributed by atoms with Gasteiger partial charge >= 0.3 is 0 Å². The fraction of sp³-hybridized carbons (Fsp3) is 0.471. The smallest absolute Gasteiger partial charge is 0.230 e. The lowest BCUT2D eigenvalue weighted by molar-refractivity contribution is -0.134. The standard InChI is InChI=1S/C17H24N2O/c1-3-10-18-11-13-19(14-12-18)17(20)16(4-2)15-8-6-5-7-9-15/h3,5-9,16H,1,4,10-14H2,2H3/t16-/m0/s1. The zero-order valence-corrected chi connectivity index (χ0v) is 12.3. The minimum absolute atomic E-state index is 0.00199. The summed E-state index contributed by atoms with van der Waals surface area (Å²) < 4.78 is 0. The van der Waals surface area contributed by atoms with Gasteiger partial charge in [0, 0.05) is 32.7 Å². The van der Waals surface area contributed by atoms with Gasteiger partial charge in [0.2, 0.25) is 5.91 Å². The van der Waals surface area contributed by atoms with E-state index in [1.807, 2.05) is 29.2 Å². The van der Waals surface area contributed by atoms with Crippen LogP contribution in [-0.2, 0) is 4.79 Å². The molecule has 1 aliphatic rings. The zero-order valence-electron chi connectivity index (χ0n) is 12.3. The average Bonchev–Trinajstić information content (AvgIpc) is 2.50. The van der Waals surface area contributed by atoms with Crippen molar-refractivity contribution in [2.75, 3.05) is 32.7 Å². The summed E-state index contributed by atoms with van der Waals surface area (Å²) in [6.07, 6.45) is 2.78. The fourth-order valence-corrected chi connectivity index (χ4v) is 2.79. The van der Waals surface area contributed by atoms with Gasteiger partial charge in [-0.15, -0.1) is 6.58 Å². The van der Waals surface area contributed by atoms with Crippen LogP contribution in [0.1, 0.15) is 24.8 Å². The van der Waals surface area contributed by atoms with Crippen LogP contribution in [0.5, 0.6) is 0 Å². The number of benzene rings is 1. The van der Waals surface area contributed by atoms with Crippen LogP contribution >= 0.6 is 0 Å². The highest BCUT2D eigenvalue weighted by molar-refractivity contribution is 5.83. The van der Waals surface area contributed by atoms with E-state index in [0.29, 0.717) is 0 Å². The minimum atomic E-state index is 0.00199. The Hall–Kier alpha value is -1.61. The molecular formula is C17H24N2O. The lowest BCUT2D eigenvalue weighted by atomic mass is 9.95. The number of carbonyl (C=O) groups excluding carboxylic acids is 1. The first kappa shape index (κ1) is 14.8. The predicted molar refractivity (Wildman–Crippen MR) is 82.7 cm³/mol. The SMILES string of the molecule is C=CCN1CCN(C(=O)[C@@H](CC)c2ccccc2)CC1. The Balaban J connectivity index is 1.98. The Kier molecular flexibility index (Phi) is 5.36. The number of hydrogen-bond donors (Lipinski definition) is 0. The van der Waals surface area contributed by atoms with E-state index in [2.05, 4.69) is 30.5 Å². The second-order valence-corrected chi connectivity index (χ2v) is 5.29. The molecule has 1 aromatic rings. The van der Waals surface area contributed by atoms with Crippen molar-refractivity contribution in [1.29, 1.82) is 0 Å². The Morgan fingerprint density at radius 1 is 1.25 bits per heavy atom. The van der Waals surface area contributed by atoms with Crippen molar-refractivity contribution in [3.63, 3.8) is 0 Å². The molecule has 0 spiro atoms. The maximum atomic E-state index is 12.7. The van der Waals surface area contributed by atoms with Gasteiger partial charge in [-0.25, -0.2) is 0 Å². The molecule has 1 amide bonds. The van der Waals surface area contributed by atoms with Crippen molar-refractivity contribution in [1.82, 2.24) is 9.80 Å². The van der Waals surface area contributed by atoms with Gasteiger partial charge in [-0.05, 0) is 12.0 Å². The molecule has 0 radical (unpaired) electrons. The Labute approximate surface area is 121 Å².